The van der Waals surface area contributed by atoms with Gasteiger partial charge in [0.15, 0.2) is 5.69 Å². The summed E-state index contributed by atoms with van der Waals surface area (Å²) in [5.74, 6) is -0.552. The molecule has 1 aliphatic rings. The van der Waals surface area contributed by atoms with Crippen LogP contribution in [-0.2, 0) is 6.18 Å². The van der Waals surface area contributed by atoms with Gasteiger partial charge in [0.25, 0.3) is 5.91 Å². The predicted molar refractivity (Wildman–Crippen MR) is 104 cm³/mol. The van der Waals surface area contributed by atoms with Crippen molar-refractivity contribution in [3.63, 3.8) is 0 Å². The lowest BCUT2D eigenvalue weighted by molar-refractivity contribution is -0.141. The van der Waals surface area contributed by atoms with Crippen molar-refractivity contribution in [2.75, 3.05) is 13.1 Å². The molecule has 29 heavy (non-hydrogen) atoms. The Labute approximate surface area is 170 Å². The van der Waals surface area contributed by atoms with Gasteiger partial charge in [-0.1, -0.05) is 36.9 Å². The molecule has 0 aliphatic carbocycles. The van der Waals surface area contributed by atoms with Crippen molar-refractivity contribution in [1.29, 1.82) is 0 Å². The number of rotatable bonds is 5. The van der Waals surface area contributed by atoms with E-state index < -0.39 is 17.8 Å². The topological polar surface area (TPSA) is 51.0 Å². The van der Waals surface area contributed by atoms with Gasteiger partial charge in [0, 0.05) is 37.0 Å². The van der Waals surface area contributed by atoms with Crippen molar-refractivity contribution in [1.82, 2.24) is 19.7 Å². The molecule has 152 valence electrons. The second-order valence-corrected chi connectivity index (χ2v) is 6.96. The number of aromatic nitrogens is 3. The zero-order valence-corrected chi connectivity index (χ0v) is 16.1. The monoisotopic (exact) mass is 422 g/mol. The van der Waals surface area contributed by atoms with E-state index >= 15 is 0 Å². The quantitative estimate of drug-likeness (QED) is 0.656. The van der Waals surface area contributed by atoms with E-state index in [2.05, 4.69) is 23.2 Å². The van der Waals surface area contributed by atoms with Gasteiger partial charge in [-0.05, 0) is 24.6 Å². The molecule has 0 N–H and O–H groups in total. The van der Waals surface area contributed by atoms with Crippen molar-refractivity contribution in [2.45, 2.75) is 18.5 Å². The van der Waals surface area contributed by atoms with E-state index in [4.69, 9.17) is 11.6 Å². The highest BCUT2D eigenvalue weighted by molar-refractivity contribution is 6.35. The Morgan fingerprint density at radius 1 is 1.34 bits per heavy atom. The van der Waals surface area contributed by atoms with Gasteiger partial charge in [-0.15, -0.1) is 0 Å². The first-order valence-corrected chi connectivity index (χ1v) is 9.15. The van der Waals surface area contributed by atoms with Crippen LogP contribution >= 0.6 is 11.6 Å². The Hall–Kier alpha value is -2.87. The summed E-state index contributed by atoms with van der Waals surface area (Å²) in [7, 11) is 0. The van der Waals surface area contributed by atoms with E-state index in [0.717, 1.165) is 16.4 Å². The van der Waals surface area contributed by atoms with E-state index in [1.54, 1.807) is 12.3 Å². The fourth-order valence-corrected chi connectivity index (χ4v) is 3.35. The fourth-order valence-electron chi connectivity index (χ4n) is 3.21. The average molecular weight is 423 g/mol. The number of halogens is 4. The van der Waals surface area contributed by atoms with Gasteiger partial charge < -0.3 is 4.90 Å². The molecule has 1 saturated heterocycles. The molecule has 0 aromatic carbocycles. The highest BCUT2D eigenvalue weighted by Crippen LogP contribution is 2.33. The van der Waals surface area contributed by atoms with E-state index in [0.29, 0.717) is 19.5 Å². The molecule has 2 aromatic heterocycles. The minimum atomic E-state index is -4.71. The van der Waals surface area contributed by atoms with Crippen LogP contribution in [0.1, 0.15) is 34.2 Å². The van der Waals surface area contributed by atoms with Gasteiger partial charge in [0.1, 0.15) is 5.69 Å². The third-order valence-corrected chi connectivity index (χ3v) is 4.78. The van der Waals surface area contributed by atoms with Crippen molar-refractivity contribution in [3.05, 3.63) is 77.9 Å². The first kappa shape index (κ1) is 20.9. The molecule has 2 aromatic rings. The highest BCUT2D eigenvalue weighted by Gasteiger charge is 2.38. The van der Waals surface area contributed by atoms with Crippen molar-refractivity contribution in [3.8, 4) is 0 Å². The van der Waals surface area contributed by atoms with Crippen LogP contribution in [0.5, 0.6) is 0 Å². The second kappa shape index (κ2) is 8.24. The number of alkyl halides is 3. The van der Waals surface area contributed by atoms with Crippen molar-refractivity contribution < 1.29 is 18.0 Å². The summed E-state index contributed by atoms with van der Waals surface area (Å²) in [6.45, 7) is 7.81. The number of carbonyl (C=O) groups is 1. The number of hydrogen-bond donors (Lipinski definition) is 0. The van der Waals surface area contributed by atoms with E-state index in [1.807, 2.05) is 12.1 Å². The molecule has 3 rings (SSSR count). The lowest BCUT2D eigenvalue weighted by Gasteiger charge is -2.18. The van der Waals surface area contributed by atoms with Crippen LogP contribution in [0.25, 0.3) is 5.70 Å². The number of likely N-dealkylation sites (tertiary alicyclic amines) is 1. The molecule has 1 fully saturated rings. The van der Waals surface area contributed by atoms with Gasteiger partial charge in [-0.2, -0.15) is 18.3 Å². The van der Waals surface area contributed by atoms with Gasteiger partial charge in [-0.25, -0.2) is 4.68 Å². The summed E-state index contributed by atoms with van der Waals surface area (Å²) in [5, 5.41) is 3.50. The summed E-state index contributed by atoms with van der Waals surface area (Å²) in [4.78, 5) is 18.9. The van der Waals surface area contributed by atoms with Crippen LogP contribution in [0.15, 0.2) is 60.8 Å². The van der Waals surface area contributed by atoms with Crippen LogP contribution in [0.3, 0.4) is 0 Å². The Morgan fingerprint density at radius 2 is 2.10 bits per heavy atom. The molecule has 1 atom stereocenters. The van der Waals surface area contributed by atoms with E-state index in [9.17, 15) is 18.0 Å². The SMILES string of the molecule is C=C/C=C(\C(=C)Cl)n1nc(C(F)(F)F)cc1C(=O)N1CCC(c2ccccn2)C1. The first-order valence-electron chi connectivity index (χ1n) is 8.77. The van der Waals surface area contributed by atoms with Crippen LogP contribution in [0, 0.1) is 0 Å². The smallest absolute Gasteiger partial charge is 0.337 e. The molecular weight excluding hydrogens is 405 g/mol. The maximum absolute atomic E-state index is 13.3. The molecule has 1 aliphatic heterocycles. The minimum Gasteiger partial charge on any atom is -0.337 e. The minimum absolute atomic E-state index is 0.0183. The maximum atomic E-state index is 13.3. The lowest BCUT2D eigenvalue weighted by Crippen LogP contribution is -2.30. The Balaban J connectivity index is 1.96. The normalized spacial score (nSPS) is 17.4. The number of carbonyl (C=O) groups excluding carboxylic acids is 1. The van der Waals surface area contributed by atoms with Gasteiger partial charge >= 0.3 is 6.18 Å². The third kappa shape index (κ3) is 4.42. The largest absolute Gasteiger partial charge is 0.435 e. The number of pyridine rings is 1. The second-order valence-electron chi connectivity index (χ2n) is 6.51. The fraction of sp³-hybridized carbons (Fsp3) is 0.250. The van der Waals surface area contributed by atoms with Crippen molar-refractivity contribution >= 4 is 23.2 Å². The maximum Gasteiger partial charge on any atom is 0.435 e. The summed E-state index contributed by atoms with van der Waals surface area (Å²) in [5.41, 5.74) is -0.544. The molecular formula is C20H18ClF3N4O. The van der Waals surface area contributed by atoms with E-state index in [1.165, 1.54) is 17.1 Å². The van der Waals surface area contributed by atoms with Crippen LogP contribution in [0.4, 0.5) is 13.2 Å². The Kier molecular flexibility index (Phi) is 5.93. The molecule has 0 bridgehead atoms. The summed E-state index contributed by atoms with van der Waals surface area (Å²) in [6.07, 6.45) is 0.303. The molecule has 5 nitrogen and oxygen atoms in total. The summed E-state index contributed by atoms with van der Waals surface area (Å²) < 4.78 is 40.6. The van der Waals surface area contributed by atoms with Gasteiger partial charge in [-0.3, -0.25) is 9.78 Å². The van der Waals surface area contributed by atoms with E-state index in [-0.39, 0.29) is 22.3 Å². The number of nitrogens with zero attached hydrogens (tertiary/aromatic N) is 4. The number of hydrogen-bond acceptors (Lipinski definition) is 3. The van der Waals surface area contributed by atoms with Gasteiger partial charge in [0.2, 0.25) is 0 Å². The molecule has 0 saturated carbocycles. The van der Waals surface area contributed by atoms with Crippen molar-refractivity contribution in [2.24, 2.45) is 0 Å². The van der Waals surface area contributed by atoms with Gasteiger partial charge in [0.05, 0.1) is 10.7 Å². The number of allylic oxidation sites excluding steroid dienone is 4. The number of amides is 1. The third-order valence-electron chi connectivity index (χ3n) is 4.58. The molecule has 0 radical (unpaired) electrons. The molecule has 1 unspecified atom stereocenters. The predicted octanol–water partition coefficient (Wildman–Crippen LogP) is 4.71. The van der Waals surface area contributed by atoms with Crippen LogP contribution in [-0.4, -0.2) is 38.7 Å². The molecule has 0 spiro atoms. The molecule has 9 heteroatoms. The zero-order valence-electron chi connectivity index (χ0n) is 15.4. The van der Waals surface area contributed by atoms with Crippen LogP contribution < -0.4 is 0 Å². The standard InChI is InChI=1S/C20H18ClF3N4O/c1-3-6-16(13(2)21)28-17(11-18(26-28)20(22,23)24)19(29)27-10-8-14(12-27)15-7-4-5-9-25-15/h3-7,9,11,14H,1-2,8,10,12H2/b16-6+. The lowest BCUT2D eigenvalue weighted by atomic mass is 10.0. The summed E-state index contributed by atoms with van der Waals surface area (Å²) in [6, 6.07) is 6.25. The Bertz CT molecular complexity index is 966. The zero-order chi connectivity index (χ0) is 21.2. The average Bonchev–Trinajstić information content (AvgIpc) is 3.33. The Morgan fingerprint density at radius 3 is 2.69 bits per heavy atom. The molecule has 3 heterocycles. The highest BCUT2D eigenvalue weighted by atomic mass is 35.5. The van der Waals surface area contributed by atoms with Crippen LogP contribution in [0.2, 0.25) is 0 Å². The summed E-state index contributed by atoms with van der Waals surface area (Å²) >= 11 is 5.93. The molecule has 1 amide bonds. The first-order chi connectivity index (χ1) is 13.7.